The van der Waals surface area contributed by atoms with Gasteiger partial charge in [0, 0.05) is 19.0 Å². The summed E-state index contributed by atoms with van der Waals surface area (Å²) >= 11 is 0. The van der Waals surface area contributed by atoms with Crippen molar-refractivity contribution in [3.8, 4) is 5.75 Å². The van der Waals surface area contributed by atoms with Gasteiger partial charge in [-0.05, 0) is 18.1 Å². The zero-order valence-electron chi connectivity index (χ0n) is 11.1. The van der Waals surface area contributed by atoms with Crippen LogP contribution in [0.4, 0.5) is 0 Å². The SMILES string of the molecule is c1ccc2c(c1)OCCC2COCC1CNCCO1. The van der Waals surface area contributed by atoms with Gasteiger partial charge in [0.2, 0.25) is 0 Å². The highest BCUT2D eigenvalue weighted by atomic mass is 16.5. The minimum atomic E-state index is 0.198. The lowest BCUT2D eigenvalue weighted by Gasteiger charge is -2.27. The van der Waals surface area contributed by atoms with Gasteiger partial charge in [0.05, 0.1) is 32.5 Å². The number of hydrogen-bond donors (Lipinski definition) is 1. The van der Waals surface area contributed by atoms with Crippen molar-refractivity contribution < 1.29 is 14.2 Å². The molecular formula is C15H21NO3. The van der Waals surface area contributed by atoms with Crippen LogP contribution in [-0.2, 0) is 9.47 Å². The summed E-state index contributed by atoms with van der Waals surface area (Å²) in [5.41, 5.74) is 1.27. The van der Waals surface area contributed by atoms with Gasteiger partial charge in [0.1, 0.15) is 5.75 Å². The van der Waals surface area contributed by atoms with Crippen molar-refractivity contribution in [2.45, 2.75) is 18.4 Å². The van der Waals surface area contributed by atoms with E-state index in [1.54, 1.807) is 0 Å². The number of rotatable bonds is 4. The summed E-state index contributed by atoms with van der Waals surface area (Å²) < 4.78 is 17.1. The smallest absolute Gasteiger partial charge is 0.122 e. The van der Waals surface area contributed by atoms with E-state index in [1.165, 1.54) is 5.56 Å². The number of hydrogen-bond acceptors (Lipinski definition) is 4. The molecule has 1 saturated heterocycles. The van der Waals surface area contributed by atoms with E-state index in [2.05, 4.69) is 17.4 Å². The maximum absolute atomic E-state index is 5.85. The van der Waals surface area contributed by atoms with Crippen LogP contribution in [0, 0.1) is 0 Å². The normalized spacial score (nSPS) is 26.5. The van der Waals surface area contributed by atoms with Gasteiger partial charge in [-0.3, -0.25) is 0 Å². The van der Waals surface area contributed by atoms with Crippen LogP contribution in [0.25, 0.3) is 0 Å². The number of morpholine rings is 1. The van der Waals surface area contributed by atoms with Crippen LogP contribution in [0.2, 0.25) is 0 Å². The molecule has 4 nitrogen and oxygen atoms in total. The van der Waals surface area contributed by atoms with E-state index >= 15 is 0 Å². The van der Waals surface area contributed by atoms with E-state index in [0.717, 1.165) is 45.1 Å². The quantitative estimate of drug-likeness (QED) is 0.895. The zero-order valence-corrected chi connectivity index (χ0v) is 11.1. The van der Waals surface area contributed by atoms with Crippen molar-refractivity contribution in [3.63, 3.8) is 0 Å². The van der Waals surface area contributed by atoms with E-state index in [0.29, 0.717) is 12.5 Å². The van der Waals surface area contributed by atoms with Crippen molar-refractivity contribution in [1.82, 2.24) is 5.32 Å². The first-order valence-electron chi connectivity index (χ1n) is 7.05. The molecule has 0 bridgehead atoms. The molecule has 0 amide bonds. The Morgan fingerprint density at radius 1 is 1.21 bits per heavy atom. The number of benzene rings is 1. The van der Waals surface area contributed by atoms with Gasteiger partial charge in [-0.1, -0.05) is 18.2 Å². The topological polar surface area (TPSA) is 39.7 Å². The summed E-state index contributed by atoms with van der Waals surface area (Å²) in [7, 11) is 0. The van der Waals surface area contributed by atoms with E-state index in [9.17, 15) is 0 Å². The third kappa shape index (κ3) is 3.26. The average molecular weight is 263 g/mol. The maximum atomic E-state index is 5.85. The fourth-order valence-electron chi connectivity index (χ4n) is 2.66. The van der Waals surface area contributed by atoms with Crippen molar-refractivity contribution in [1.29, 1.82) is 0 Å². The molecule has 3 rings (SSSR count). The second kappa shape index (κ2) is 6.37. The van der Waals surface area contributed by atoms with E-state index in [-0.39, 0.29) is 6.10 Å². The molecule has 1 aromatic rings. The molecule has 0 aromatic heterocycles. The summed E-state index contributed by atoms with van der Waals surface area (Å²) in [6.45, 7) is 4.83. The molecule has 0 spiro atoms. The van der Waals surface area contributed by atoms with Crippen LogP contribution in [0.5, 0.6) is 5.75 Å². The van der Waals surface area contributed by atoms with Crippen molar-refractivity contribution in [2.24, 2.45) is 0 Å². The molecular weight excluding hydrogens is 242 g/mol. The molecule has 104 valence electrons. The molecule has 0 aliphatic carbocycles. The van der Waals surface area contributed by atoms with E-state index < -0.39 is 0 Å². The predicted molar refractivity (Wildman–Crippen MR) is 72.7 cm³/mol. The molecule has 0 saturated carbocycles. The van der Waals surface area contributed by atoms with Crippen molar-refractivity contribution in [2.75, 3.05) is 39.5 Å². The third-order valence-corrected chi connectivity index (χ3v) is 3.71. The van der Waals surface area contributed by atoms with Crippen LogP contribution < -0.4 is 10.1 Å². The van der Waals surface area contributed by atoms with Crippen LogP contribution in [-0.4, -0.2) is 45.6 Å². The Morgan fingerprint density at radius 3 is 3.05 bits per heavy atom. The standard InChI is InChI=1S/C15H21NO3/c1-2-4-15-14(3-1)12(5-7-19-15)10-17-11-13-9-16-6-8-18-13/h1-4,12-13,16H,5-11H2. The van der Waals surface area contributed by atoms with Crippen molar-refractivity contribution in [3.05, 3.63) is 29.8 Å². The van der Waals surface area contributed by atoms with Crippen LogP contribution in [0.3, 0.4) is 0 Å². The zero-order chi connectivity index (χ0) is 12.9. The molecule has 2 heterocycles. The summed E-state index contributed by atoms with van der Waals surface area (Å²) in [5.74, 6) is 1.46. The van der Waals surface area contributed by atoms with Gasteiger partial charge in [-0.15, -0.1) is 0 Å². The number of fused-ring (bicyclic) bond motifs is 1. The summed E-state index contributed by atoms with van der Waals surface area (Å²) in [6, 6.07) is 8.26. The monoisotopic (exact) mass is 263 g/mol. The molecule has 1 fully saturated rings. The van der Waals surface area contributed by atoms with E-state index in [1.807, 2.05) is 12.1 Å². The first-order chi connectivity index (χ1) is 9.43. The Kier molecular flexibility index (Phi) is 4.33. The molecule has 2 unspecified atom stereocenters. The highest BCUT2D eigenvalue weighted by Gasteiger charge is 2.22. The Balaban J connectivity index is 1.50. The summed E-state index contributed by atoms with van der Waals surface area (Å²) in [4.78, 5) is 0. The van der Waals surface area contributed by atoms with Gasteiger partial charge in [-0.2, -0.15) is 0 Å². The minimum Gasteiger partial charge on any atom is -0.493 e. The van der Waals surface area contributed by atoms with Crippen molar-refractivity contribution >= 4 is 0 Å². The Morgan fingerprint density at radius 2 is 2.16 bits per heavy atom. The minimum absolute atomic E-state index is 0.198. The predicted octanol–water partition coefficient (Wildman–Crippen LogP) is 1.56. The lowest BCUT2D eigenvalue weighted by atomic mass is 9.94. The maximum Gasteiger partial charge on any atom is 0.122 e. The Hall–Kier alpha value is -1.10. The Labute approximate surface area is 114 Å². The fourth-order valence-corrected chi connectivity index (χ4v) is 2.66. The van der Waals surface area contributed by atoms with Crippen LogP contribution >= 0.6 is 0 Å². The highest BCUT2D eigenvalue weighted by molar-refractivity contribution is 5.37. The first kappa shape index (κ1) is 12.9. The summed E-state index contributed by atoms with van der Waals surface area (Å²) in [5, 5.41) is 3.31. The molecule has 19 heavy (non-hydrogen) atoms. The van der Waals surface area contributed by atoms with Gasteiger partial charge < -0.3 is 19.5 Å². The molecule has 1 N–H and O–H groups in total. The molecule has 0 radical (unpaired) electrons. The van der Waals surface area contributed by atoms with Gasteiger partial charge in [-0.25, -0.2) is 0 Å². The van der Waals surface area contributed by atoms with Crippen LogP contribution in [0.1, 0.15) is 17.9 Å². The second-order valence-corrected chi connectivity index (χ2v) is 5.11. The van der Waals surface area contributed by atoms with E-state index in [4.69, 9.17) is 14.2 Å². The number of ether oxygens (including phenoxy) is 3. The first-order valence-corrected chi connectivity index (χ1v) is 7.05. The lowest BCUT2D eigenvalue weighted by Crippen LogP contribution is -2.41. The van der Waals surface area contributed by atoms with Gasteiger partial charge in [0.15, 0.2) is 0 Å². The molecule has 2 aliphatic rings. The second-order valence-electron chi connectivity index (χ2n) is 5.11. The summed E-state index contributed by atoms with van der Waals surface area (Å²) in [6.07, 6.45) is 1.23. The molecule has 1 aromatic carbocycles. The number of nitrogens with one attached hydrogen (secondary N) is 1. The molecule has 4 heteroatoms. The molecule has 2 aliphatic heterocycles. The van der Waals surface area contributed by atoms with Crippen LogP contribution in [0.15, 0.2) is 24.3 Å². The fraction of sp³-hybridized carbons (Fsp3) is 0.600. The third-order valence-electron chi connectivity index (χ3n) is 3.71. The highest BCUT2D eigenvalue weighted by Crippen LogP contribution is 2.33. The number of para-hydroxylation sites is 1. The average Bonchev–Trinajstić information content (AvgIpc) is 2.49. The van der Waals surface area contributed by atoms with Gasteiger partial charge in [0.25, 0.3) is 0 Å². The largest absolute Gasteiger partial charge is 0.493 e. The molecule has 2 atom stereocenters. The Bertz CT molecular complexity index is 404. The van der Waals surface area contributed by atoms with Gasteiger partial charge >= 0.3 is 0 Å². The lowest BCUT2D eigenvalue weighted by molar-refractivity contribution is -0.0353.